The lowest BCUT2D eigenvalue weighted by molar-refractivity contribution is -0.134. The Morgan fingerprint density at radius 2 is 1.92 bits per heavy atom. The van der Waals surface area contributed by atoms with Crippen LogP contribution in [0.1, 0.15) is 5.56 Å². The topological polar surface area (TPSA) is 52.3 Å². The maximum Gasteiger partial charge on any atom is 0.341 e. The molecular weight excluding hydrogens is 166 g/mol. The maximum absolute atomic E-state index is 11.2. The van der Waals surface area contributed by atoms with Crippen LogP contribution in [0.3, 0.4) is 0 Å². The highest BCUT2D eigenvalue weighted by atomic mass is 16.5. The van der Waals surface area contributed by atoms with Crippen LogP contribution >= 0.6 is 0 Å². The molecule has 0 atom stereocenters. The van der Waals surface area contributed by atoms with Crippen molar-refractivity contribution in [2.24, 2.45) is 5.73 Å². The van der Waals surface area contributed by atoms with Gasteiger partial charge < -0.3 is 10.5 Å². The summed E-state index contributed by atoms with van der Waals surface area (Å²) in [4.78, 5) is 11.2. The zero-order valence-corrected chi connectivity index (χ0v) is 6.99. The van der Waals surface area contributed by atoms with Crippen molar-refractivity contribution < 1.29 is 9.53 Å². The standard InChI is InChI=1S/C10H9NO2/c11-8-6-13-10(12)9(8)7-4-2-1-3-5-7/h1-5H,6,11H2. The van der Waals surface area contributed by atoms with Gasteiger partial charge in [-0.2, -0.15) is 0 Å². The molecule has 0 aromatic heterocycles. The second-order valence-electron chi connectivity index (χ2n) is 2.84. The van der Waals surface area contributed by atoms with Crippen LogP contribution < -0.4 is 5.73 Å². The van der Waals surface area contributed by atoms with E-state index in [9.17, 15) is 4.79 Å². The summed E-state index contributed by atoms with van der Waals surface area (Å²) in [7, 11) is 0. The molecule has 0 radical (unpaired) electrons. The number of cyclic esters (lactones) is 1. The number of hydrogen-bond donors (Lipinski definition) is 1. The van der Waals surface area contributed by atoms with E-state index in [0.717, 1.165) is 5.56 Å². The molecule has 0 unspecified atom stereocenters. The first-order chi connectivity index (χ1) is 6.29. The fraction of sp³-hybridized carbons (Fsp3) is 0.100. The minimum absolute atomic E-state index is 0.211. The zero-order valence-electron chi connectivity index (χ0n) is 6.99. The SMILES string of the molecule is NC1=C(c2ccccc2)C(=O)OC1. The van der Waals surface area contributed by atoms with Gasteiger partial charge in [0.2, 0.25) is 0 Å². The molecule has 1 aromatic carbocycles. The van der Waals surface area contributed by atoms with E-state index in [1.807, 2.05) is 30.3 Å². The molecule has 0 bridgehead atoms. The van der Waals surface area contributed by atoms with Gasteiger partial charge in [0.25, 0.3) is 0 Å². The summed E-state index contributed by atoms with van der Waals surface area (Å²) in [5.41, 5.74) is 7.47. The molecule has 3 heteroatoms. The molecule has 1 aromatic rings. The first-order valence-electron chi connectivity index (χ1n) is 4.00. The van der Waals surface area contributed by atoms with Gasteiger partial charge in [-0.3, -0.25) is 0 Å². The fourth-order valence-corrected chi connectivity index (χ4v) is 1.33. The van der Waals surface area contributed by atoms with Gasteiger partial charge >= 0.3 is 5.97 Å². The summed E-state index contributed by atoms with van der Waals surface area (Å²) >= 11 is 0. The molecule has 66 valence electrons. The third-order valence-corrected chi connectivity index (χ3v) is 1.95. The molecule has 0 saturated heterocycles. The number of nitrogens with two attached hydrogens (primary N) is 1. The van der Waals surface area contributed by atoms with Gasteiger partial charge in [-0.25, -0.2) is 4.79 Å². The minimum atomic E-state index is -0.330. The molecule has 3 nitrogen and oxygen atoms in total. The van der Waals surface area contributed by atoms with E-state index >= 15 is 0 Å². The average molecular weight is 175 g/mol. The van der Waals surface area contributed by atoms with Gasteiger partial charge in [0.05, 0.1) is 11.3 Å². The molecule has 0 aliphatic carbocycles. The molecule has 1 aliphatic rings. The predicted octanol–water partition coefficient (Wildman–Crippen LogP) is 0.913. The third-order valence-electron chi connectivity index (χ3n) is 1.95. The Morgan fingerprint density at radius 3 is 2.46 bits per heavy atom. The van der Waals surface area contributed by atoms with Gasteiger partial charge in [0.1, 0.15) is 6.61 Å². The lowest BCUT2D eigenvalue weighted by Crippen LogP contribution is -2.00. The van der Waals surface area contributed by atoms with Gasteiger partial charge in [0, 0.05) is 0 Å². The van der Waals surface area contributed by atoms with E-state index in [2.05, 4.69) is 0 Å². The van der Waals surface area contributed by atoms with Gasteiger partial charge in [-0.1, -0.05) is 30.3 Å². The van der Waals surface area contributed by atoms with E-state index in [4.69, 9.17) is 10.5 Å². The molecule has 0 spiro atoms. The van der Waals surface area contributed by atoms with Crippen molar-refractivity contribution in [3.8, 4) is 0 Å². The number of benzene rings is 1. The summed E-state index contributed by atoms with van der Waals surface area (Å²) < 4.78 is 4.79. The van der Waals surface area contributed by atoms with Crippen LogP contribution in [0.5, 0.6) is 0 Å². The summed E-state index contributed by atoms with van der Waals surface area (Å²) in [6.07, 6.45) is 0. The van der Waals surface area contributed by atoms with Crippen LogP contribution in [0.15, 0.2) is 36.0 Å². The van der Waals surface area contributed by atoms with E-state index < -0.39 is 0 Å². The number of ether oxygens (including phenoxy) is 1. The first-order valence-corrected chi connectivity index (χ1v) is 4.00. The summed E-state index contributed by atoms with van der Waals surface area (Å²) in [6, 6.07) is 9.30. The van der Waals surface area contributed by atoms with Crippen LogP contribution in [0.25, 0.3) is 5.57 Å². The van der Waals surface area contributed by atoms with Gasteiger partial charge in [-0.15, -0.1) is 0 Å². The number of rotatable bonds is 1. The maximum atomic E-state index is 11.2. The molecule has 13 heavy (non-hydrogen) atoms. The number of carbonyl (C=O) groups is 1. The van der Waals surface area contributed by atoms with Crippen molar-refractivity contribution in [2.75, 3.05) is 6.61 Å². The Morgan fingerprint density at radius 1 is 1.23 bits per heavy atom. The van der Waals surface area contributed by atoms with Crippen LogP contribution in [0, 0.1) is 0 Å². The normalized spacial score (nSPS) is 16.2. The van der Waals surface area contributed by atoms with E-state index in [-0.39, 0.29) is 12.6 Å². The molecule has 2 N–H and O–H groups in total. The highest BCUT2D eigenvalue weighted by molar-refractivity contribution is 6.19. The summed E-state index contributed by atoms with van der Waals surface area (Å²) in [6.45, 7) is 0.211. The molecule has 1 aliphatic heterocycles. The van der Waals surface area contributed by atoms with Crippen molar-refractivity contribution in [3.63, 3.8) is 0 Å². The van der Waals surface area contributed by atoms with E-state index in [1.165, 1.54) is 0 Å². The van der Waals surface area contributed by atoms with Crippen molar-refractivity contribution in [3.05, 3.63) is 41.6 Å². The van der Waals surface area contributed by atoms with Crippen molar-refractivity contribution in [1.82, 2.24) is 0 Å². The lowest BCUT2D eigenvalue weighted by Gasteiger charge is -1.98. The number of carbonyl (C=O) groups excluding carboxylic acids is 1. The van der Waals surface area contributed by atoms with Gasteiger partial charge in [0.15, 0.2) is 0 Å². The average Bonchev–Trinajstić information content (AvgIpc) is 2.48. The molecule has 0 fully saturated rings. The van der Waals surface area contributed by atoms with Crippen LogP contribution in [0.4, 0.5) is 0 Å². The summed E-state index contributed by atoms with van der Waals surface area (Å²) in [5, 5.41) is 0. The number of hydrogen-bond acceptors (Lipinski definition) is 3. The molecule has 0 saturated carbocycles. The predicted molar refractivity (Wildman–Crippen MR) is 48.5 cm³/mol. The Labute approximate surface area is 75.8 Å². The number of esters is 1. The van der Waals surface area contributed by atoms with E-state index in [0.29, 0.717) is 11.3 Å². The highest BCUT2D eigenvalue weighted by Crippen LogP contribution is 2.22. The smallest absolute Gasteiger partial charge is 0.341 e. The quantitative estimate of drug-likeness (QED) is 0.645. The highest BCUT2D eigenvalue weighted by Gasteiger charge is 2.23. The fourth-order valence-electron chi connectivity index (χ4n) is 1.33. The molecule has 2 rings (SSSR count). The Hall–Kier alpha value is -1.77. The zero-order chi connectivity index (χ0) is 9.26. The molecular formula is C10H9NO2. The second kappa shape index (κ2) is 2.94. The van der Waals surface area contributed by atoms with Crippen molar-refractivity contribution in [2.45, 2.75) is 0 Å². The summed E-state index contributed by atoms with van der Waals surface area (Å²) in [5.74, 6) is -0.330. The Kier molecular flexibility index (Phi) is 1.77. The van der Waals surface area contributed by atoms with Gasteiger partial charge in [-0.05, 0) is 5.56 Å². The third kappa shape index (κ3) is 1.28. The minimum Gasteiger partial charge on any atom is -0.456 e. The lowest BCUT2D eigenvalue weighted by atomic mass is 10.1. The Balaban J connectivity index is 2.47. The molecule has 0 amide bonds. The largest absolute Gasteiger partial charge is 0.456 e. The van der Waals surface area contributed by atoms with Crippen LogP contribution in [0.2, 0.25) is 0 Å². The van der Waals surface area contributed by atoms with Crippen molar-refractivity contribution >= 4 is 11.5 Å². The van der Waals surface area contributed by atoms with E-state index in [1.54, 1.807) is 0 Å². The monoisotopic (exact) mass is 175 g/mol. The Bertz CT molecular complexity index is 368. The van der Waals surface area contributed by atoms with Crippen molar-refractivity contribution in [1.29, 1.82) is 0 Å². The van der Waals surface area contributed by atoms with Crippen LogP contribution in [-0.4, -0.2) is 12.6 Å². The second-order valence-corrected chi connectivity index (χ2v) is 2.84. The first kappa shape index (κ1) is 7.86. The van der Waals surface area contributed by atoms with Crippen LogP contribution in [-0.2, 0) is 9.53 Å². The molecule has 1 heterocycles.